The van der Waals surface area contributed by atoms with Gasteiger partial charge >= 0.3 is 0 Å². The predicted molar refractivity (Wildman–Crippen MR) is 88.7 cm³/mol. The van der Waals surface area contributed by atoms with E-state index in [4.69, 9.17) is 0 Å². The number of amides is 1. The van der Waals surface area contributed by atoms with E-state index in [1.165, 1.54) is 4.31 Å². The van der Waals surface area contributed by atoms with Crippen LogP contribution in [0.1, 0.15) is 42.4 Å². The lowest BCUT2D eigenvalue weighted by Gasteiger charge is -2.25. The summed E-state index contributed by atoms with van der Waals surface area (Å²) >= 11 is 0. The second-order valence-electron chi connectivity index (χ2n) is 6.78. The Morgan fingerprint density at radius 1 is 1.13 bits per heavy atom. The number of nitrogens with one attached hydrogen (secondary N) is 1. The molecule has 2 aliphatic rings. The van der Waals surface area contributed by atoms with Gasteiger partial charge in [-0.1, -0.05) is 17.7 Å². The highest BCUT2D eigenvalue weighted by Crippen LogP contribution is 2.31. The summed E-state index contributed by atoms with van der Waals surface area (Å²) < 4.78 is 27.7. The van der Waals surface area contributed by atoms with Crippen molar-refractivity contribution in [2.24, 2.45) is 0 Å². The summed E-state index contributed by atoms with van der Waals surface area (Å²) in [6, 6.07) is 3.45. The van der Waals surface area contributed by atoms with Gasteiger partial charge in [0.2, 0.25) is 15.9 Å². The lowest BCUT2D eigenvalue weighted by atomic mass is 10.1. The zero-order valence-electron chi connectivity index (χ0n) is 13.9. The smallest absolute Gasteiger partial charge is 0.244 e. The molecule has 23 heavy (non-hydrogen) atoms. The monoisotopic (exact) mass is 336 g/mol. The summed E-state index contributed by atoms with van der Waals surface area (Å²) in [5.74, 6) is -0.143. The first-order chi connectivity index (χ1) is 10.8. The highest BCUT2D eigenvalue weighted by atomic mass is 32.2. The van der Waals surface area contributed by atoms with E-state index < -0.39 is 16.1 Å². The Bertz CT molecular complexity index is 715. The third kappa shape index (κ3) is 3.15. The van der Waals surface area contributed by atoms with E-state index in [0.29, 0.717) is 17.9 Å². The molecule has 1 aliphatic heterocycles. The number of hydrogen-bond donors (Lipinski definition) is 1. The summed E-state index contributed by atoms with van der Waals surface area (Å²) in [7, 11) is -3.65. The van der Waals surface area contributed by atoms with Crippen molar-refractivity contribution in [3.05, 3.63) is 28.8 Å². The summed E-state index contributed by atoms with van der Waals surface area (Å²) in [5, 5.41) is 2.94. The zero-order valence-corrected chi connectivity index (χ0v) is 14.7. The molecule has 1 atom stereocenters. The molecule has 1 saturated carbocycles. The van der Waals surface area contributed by atoms with Gasteiger partial charge in [-0.15, -0.1) is 0 Å². The van der Waals surface area contributed by atoms with Crippen molar-refractivity contribution in [3.63, 3.8) is 0 Å². The molecule has 0 bridgehead atoms. The van der Waals surface area contributed by atoms with E-state index in [2.05, 4.69) is 5.32 Å². The van der Waals surface area contributed by atoms with E-state index in [9.17, 15) is 13.2 Å². The summed E-state index contributed by atoms with van der Waals surface area (Å²) in [4.78, 5) is 12.7. The van der Waals surface area contributed by atoms with E-state index in [-0.39, 0.29) is 11.9 Å². The molecule has 1 N–H and O–H groups in total. The number of aryl methyl sites for hydroxylation is 3. The summed E-state index contributed by atoms with van der Waals surface area (Å²) in [5.41, 5.74) is 2.54. The van der Waals surface area contributed by atoms with Crippen LogP contribution in [0.15, 0.2) is 17.0 Å². The van der Waals surface area contributed by atoms with Crippen molar-refractivity contribution < 1.29 is 13.2 Å². The number of hydrogen-bond acceptors (Lipinski definition) is 3. The first-order valence-corrected chi connectivity index (χ1v) is 9.65. The Kier molecular flexibility index (Phi) is 4.23. The van der Waals surface area contributed by atoms with Gasteiger partial charge in [-0.05, 0) is 57.6 Å². The van der Waals surface area contributed by atoms with Crippen LogP contribution < -0.4 is 5.32 Å². The second-order valence-corrected chi connectivity index (χ2v) is 8.61. The van der Waals surface area contributed by atoms with Crippen LogP contribution in [0.5, 0.6) is 0 Å². The molecule has 6 heteroatoms. The first kappa shape index (κ1) is 16.5. The minimum atomic E-state index is -3.65. The topological polar surface area (TPSA) is 66.5 Å². The summed E-state index contributed by atoms with van der Waals surface area (Å²) in [6.07, 6.45) is 3.33. The molecule has 5 nitrogen and oxygen atoms in total. The number of rotatable bonds is 4. The highest BCUT2D eigenvalue weighted by molar-refractivity contribution is 7.89. The van der Waals surface area contributed by atoms with Gasteiger partial charge in [-0.2, -0.15) is 4.31 Å². The van der Waals surface area contributed by atoms with Crippen LogP contribution in [-0.2, 0) is 14.8 Å². The zero-order chi connectivity index (χ0) is 16.8. The lowest BCUT2D eigenvalue weighted by Crippen LogP contribution is -2.46. The van der Waals surface area contributed by atoms with Gasteiger partial charge in [0, 0.05) is 12.6 Å². The maximum Gasteiger partial charge on any atom is 0.244 e. The van der Waals surface area contributed by atoms with Crippen molar-refractivity contribution in [2.75, 3.05) is 6.54 Å². The standard InChI is InChI=1S/C17H24N2O3S/c1-11-9-12(2)16(13(3)10-11)23(21,22)19-8-4-5-15(19)17(20)18-14-6-7-14/h9-10,14-15H,4-8H2,1-3H3,(H,18,20). The Morgan fingerprint density at radius 3 is 2.30 bits per heavy atom. The van der Waals surface area contributed by atoms with Crippen LogP contribution in [0.2, 0.25) is 0 Å². The van der Waals surface area contributed by atoms with E-state index >= 15 is 0 Å². The molecule has 1 heterocycles. The summed E-state index contributed by atoms with van der Waals surface area (Å²) in [6.45, 7) is 6.01. The molecule has 2 fully saturated rings. The third-order valence-electron chi connectivity index (χ3n) is 4.60. The van der Waals surface area contributed by atoms with Crippen molar-refractivity contribution in [1.29, 1.82) is 0 Å². The third-order valence-corrected chi connectivity index (χ3v) is 6.82. The predicted octanol–water partition coefficient (Wildman–Crippen LogP) is 2.04. The molecular weight excluding hydrogens is 312 g/mol. The normalized spacial score (nSPS) is 22.3. The van der Waals surface area contributed by atoms with Crippen LogP contribution in [0.3, 0.4) is 0 Å². The molecule has 1 unspecified atom stereocenters. The van der Waals surface area contributed by atoms with Crippen LogP contribution in [0.25, 0.3) is 0 Å². The van der Waals surface area contributed by atoms with Crippen LogP contribution in [0, 0.1) is 20.8 Å². The van der Waals surface area contributed by atoms with Crippen molar-refractivity contribution in [1.82, 2.24) is 9.62 Å². The second kappa shape index (κ2) is 5.91. The number of carbonyl (C=O) groups excluding carboxylic acids is 1. The molecule has 3 rings (SSSR count). The first-order valence-electron chi connectivity index (χ1n) is 8.21. The molecule has 1 aromatic carbocycles. The average molecular weight is 336 g/mol. The van der Waals surface area contributed by atoms with Gasteiger partial charge in [0.1, 0.15) is 6.04 Å². The fraction of sp³-hybridized carbons (Fsp3) is 0.588. The molecule has 0 radical (unpaired) electrons. The van der Waals surface area contributed by atoms with Crippen molar-refractivity contribution in [2.45, 2.75) is 63.4 Å². The molecule has 1 amide bonds. The van der Waals surface area contributed by atoms with Gasteiger partial charge in [-0.3, -0.25) is 4.79 Å². The largest absolute Gasteiger partial charge is 0.352 e. The molecule has 126 valence electrons. The molecule has 1 aliphatic carbocycles. The van der Waals surface area contributed by atoms with Crippen LogP contribution in [-0.4, -0.2) is 37.3 Å². The van der Waals surface area contributed by atoms with E-state index in [1.54, 1.807) is 0 Å². The maximum atomic E-state index is 13.1. The number of sulfonamides is 1. The molecular formula is C17H24N2O3S. The van der Waals surface area contributed by atoms with Gasteiger partial charge < -0.3 is 5.32 Å². The number of benzene rings is 1. The van der Waals surface area contributed by atoms with Gasteiger partial charge in [0.05, 0.1) is 4.90 Å². The SMILES string of the molecule is Cc1cc(C)c(S(=O)(=O)N2CCCC2C(=O)NC2CC2)c(C)c1. The quantitative estimate of drug-likeness (QED) is 0.915. The van der Waals surface area contributed by atoms with Gasteiger partial charge in [0.25, 0.3) is 0 Å². The van der Waals surface area contributed by atoms with Crippen molar-refractivity contribution >= 4 is 15.9 Å². The molecule has 1 aromatic rings. The molecule has 0 spiro atoms. The fourth-order valence-corrected chi connectivity index (χ4v) is 5.58. The minimum Gasteiger partial charge on any atom is -0.352 e. The Hall–Kier alpha value is -1.40. The van der Waals surface area contributed by atoms with Crippen molar-refractivity contribution in [3.8, 4) is 0 Å². The molecule has 1 saturated heterocycles. The van der Waals surface area contributed by atoms with E-state index in [1.807, 2.05) is 32.9 Å². The van der Waals surface area contributed by atoms with Crippen LogP contribution >= 0.6 is 0 Å². The van der Waals surface area contributed by atoms with Gasteiger partial charge in [0.15, 0.2) is 0 Å². The fourth-order valence-electron chi connectivity index (χ4n) is 3.51. The van der Waals surface area contributed by atoms with Crippen LogP contribution in [0.4, 0.5) is 0 Å². The maximum absolute atomic E-state index is 13.1. The number of nitrogens with zero attached hydrogens (tertiary/aromatic N) is 1. The Balaban J connectivity index is 1.93. The van der Waals surface area contributed by atoms with E-state index in [0.717, 1.165) is 36.0 Å². The van der Waals surface area contributed by atoms with Gasteiger partial charge in [-0.25, -0.2) is 8.42 Å². The highest BCUT2D eigenvalue weighted by Gasteiger charge is 2.41. The average Bonchev–Trinajstić information content (AvgIpc) is 3.09. The number of carbonyl (C=O) groups is 1. The minimum absolute atomic E-state index is 0.143. The molecule has 0 aromatic heterocycles. The lowest BCUT2D eigenvalue weighted by molar-refractivity contribution is -0.124. The Morgan fingerprint density at radius 2 is 1.74 bits per heavy atom. The Labute approximate surface area is 138 Å².